The van der Waals surface area contributed by atoms with Crippen LogP contribution >= 0.6 is 0 Å². The van der Waals surface area contributed by atoms with Crippen molar-refractivity contribution in [2.75, 3.05) is 19.7 Å². The zero-order valence-corrected chi connectivity index (χ0v) is 56.1. The lowest BCUT2D eigenvalue weighted by atomic mass is 10.0. The van der Waals surface area contributed by atoms with Gasteiger partial charge in [0.15, 0.2) is 0 Å². The van der Waals surface area contributed by atoms with Crippen molar-refractivity contribution >= 4 is 11.8 Å². The molecule has 482 valence electrons. The van der Waals surface area contributed by atoms with Crippen LogP contribution in [0.25, 0.3) is 0 Å². The molecular formula is C77H146N2O3. The largest absolute Gasteiger partial charge is 0.493 e. The van der Waals surface area contributed by atoms with Crippen molar-refractivity contribution in [1.29, 1.82) is 0 Å². The Kier molecular flexibility index (Phi) is 63.2. The molecule has 0 atom stereocenters. The van der Waals surface area contributed by atoms with Crippen molar-refractivity contribution in [2.45, 2.75) is 425 Å². The number of hydrogen-bond acceptors (Lipinski definition) is 3. The molecule has 0 aliphatic carbocycles. The van der Waals surface area contributed by atoms with E-state index in [4.69, 9.17) is 4.74 Å². The van der Waals surface area contributed by atoms with Gasteiger partial charge in [-0.15, -0.1) is 0 Å². The standard InChI is InChI=1S/C77H146N2O3/c1-4-7-10-13-16-19-22-25-27-29-31-33-35-37-39-41-43-45-47-49-52-55-58-61-64-69-78-76(80)73-67-68-74(75(72-73)82-71-66-63-60-57-54-51-24-21-18-15-12-9-6-3)77(81)79-70-65-62-59-56-53-50-48-46-44-42-40-38-36-34-32-30-28-26-23-20-17-14-11-8-5-2/h67-68,72H,4-66,69-71H2,1-3H3,(H,78,80)(H,79,81). The van der Waals surface area contributed by atoms with Crippen molar-refractivity contribution < 1.29 is 14.3 Å². The van der Waals surface area contributed by atoms with Gasteiger partial charge in [-0.3, -0.25) is 9.59 Å². The summed E-state index contributed by atoms with van der Waals surface area (Å²) in [6.07, 6.45) is 86.5. The molecule has 1 rings (SSSR count). The van der Waals surface area contributed by atoms with E-state index in [1.807, 2.05) is 18.2 Å². The number of nitrogens with one attached hydrogen (secondary N) is 2. The van der Waals surface area contributed by atoms with Gasteiger partial charge in [0.2, 0.25) is 0 Å². The zero-order valence-electron chi connectivity index (χ0n) is 56.1. The lowest BCUT2D eigenvalue weighted by molar-refractivity contribution is 0.0937. The molecule has 0 heterocycles. The molecule has 0 unspecified atom stereocenters. The van der Waals surface area contributed by atoms with Crippen molar-refractivity contribution in [2.24, 2.45) is 0 Å². The van der Waals surface area contributed by atoms with E-state index in [0.717, 1.165) is 38.5 Å². The number of carbonyl (C=O) groups excluding carboxylic acids is 2. The molecule has 2 N–H and O–H groups in total. The van der Waals surface area contributed by atoms with E-state index < -0.39 is 0 Å². The topological polar surface area (TPSA) is 67.4 Å². The van der Waals surface area contributed by atoms with Gasteiger partial charge in [0.05, 0.1) is 12.2 Å². The van der Waals surface area contributed by atoms with E-state index in [0.29, 0.717) is 36.6 Å². The second kappa shape index (κ2) is 66.5. The minimum Gasteiger partial charge on any atom is -0.493 e. The minimum atomic E-state index is -0.0907. The Morgan fingerprint density at radius 1 is 0.268 bits per heavy atom. The molecule has 0 saturated heterocycles. The van der Waals surface area contributed by atoms with Crippen LogP contribution in [-0.2, 0) is 0 Å². The maximum atomic E-state index is 13.5. The van der Waals surface area contributed by atoms with Crippen LogP contribution in [0, 0.1) is 0 Å². The highest BCUT2D eigenvalue weighted by molar-refractivity contribution is 6.00. The second-order valence-corrected chi connectivity index (χ2v) is 26.3. The average molecular weight is 1150 g/mol. The van der Waals surface area contributed by atoms with Gasteiger partial charge >= 0.3 is 0 Å². The third-order valence-electron chi connectivity index (χ3n) is 18.1. The summed E-state index contributed by atoms with van der Waals surface area (Å²) in [5, 5.41) is 6.35. The van der Waals surface area contributed by atoms with Crippen LogP contribution in [0.4, 0.5) is 0 Å². The minimum absolute atomic E-state index is 0.0717. The summed E-state index contributed by atoms with van der Waals surface area (Å²) in [5.41, 5.74) is 1.13. The summed E-state index contributed by atoms with van der Waals surface area (Å²) < 4.78 is 6.33. The van der Waals surface area contributed by atoms with Crippen LogP contribution in [0.1, 0.15) is 446 Å². The van der Waals surface area contributed by atoms with Crippen LogP contribution in [0.2, 0.25) is 0 Å². The number of amides is 2. The monoisotopic (exact) mass is 1150 g/mol. The van der Waals surface area contributed by atoms with Gasteiger partial charge in [0.25, 0.3) is 11.8 Å². The first kappa shape index (κ1) is 78.0. The first-order chi connectivity index (χ1) is 40.6. The fourth-order valence-electron chi connectivity index (χ4n) is 12.4. The molecule has 1 aromatic rings. The van der Waals surface area contributed by atoms with Gasteiger partial charge in [0.1, 0.15) is 5.75 Å². The first-order valence-electron chi connectivity index (χ1n) is 38.0. The van der Waals surface area contributed by atoms with Crippen molar-refractivity contribution in [3.63, 3.8) is 0 Å². The lowest BCUT2D eigenvalue weighted by Gasteiger charge is -2.14. The normalized spacial score (nSPS) is 11.5. The molecular weight excluding hydrogens is 1000 g/mol. The molecule has 0 radical (unpaired) electrons. The fourth-order valence-corrected chi connectivity index (χ4v) is 12.4. The van der Waals surface area contributed by atoms with Crippen LogP contribution in [0.15, 0.2) is 18.2 Å². The van der Waals surface area contributed by atoms with Crippen molar-refractivity contribution in [3.05, 3.63) is 29.3 Å². The summed E-state index contributed by atoms with van der Waals surface area (Å²) >= 11 is 0. The Hall–Kier alpha value is -2.04. The molecule has 0 saturated carbocycles. The van der Waals surface area contributed by atoms with Gasteiger partial charge in [-0.05, 0) is 37.5 Å². The van der Waals surface area contributed by atoms with E-state index in [9.17, 15) is 9.59 Å². The third-order valence-corrected chi connectivity index (χ3v) is 18.1. The molecule has 5 heteroatoms. The molecule has 0 aromatic heterocycles. The Balaban J connectivity index is 2.23. The Bertz CT molecular complexity index is 1430. The number of rotatable bonds is 69. The Labute approximate surface area is 514 Å². The van der Waals surface area contributed by atoms with E-state index in [-0.39, 0.29) is 11.8 Å². The van der Waals surface area contributed by atoms with Crippen LogP contribution in [-0.4, -0.2) is 31.5 Å². The molecule has 0 aliphatic heterocycles. The molecule has 0 fully saturated rings. The molecule has 1 aromatic carbocycles. The molecule has 82 heavy (non-hydrogen) atoms. The number of carbonyl (C=O) groups is 2. The lowest BCUT2D eigenvalue weighted by Crippen LogP contribution is -2.26. The summed E-state index contributed by atoms with van der Waals surface area (Å²) in [6, 6.07) is 5.43. The highest BCUT2D eigenvalue weighted by atomic mass is 16.5. The van der Waals surface area contributed by atoms with Gasteiger partial charge < -0.3 is 15.4 Å². The predicted molar refractivity (Wildman–Crippen MR) is 364 cm³/mol. The third kappa shape index (κ3) is 55.8. The summed E-state index contributed by atoms with van der Waals surface area (Å²) in [6.45, 7) is 8.84. The maximum absolute atomic E-state index is 13.5. The quantitative estimate of drug-likeness (QED) is 0.0639. The molecule has 2 amide bonds. The fraction of sp³-hybridized carbons (Fsp3) is 0.896. The summed E-state index contributed by atoms with van der Waals surface area (Å²) in [7, 11) is 0. The number of benzene rings is 1. The highest BCUT2D eigenvalue weighted by Crippen LogP contribution is 2.24. The maximum Gasteiger partial charge on any atom is 0.255 e. The smallest absolute Gasteiger partial charge is 0.255 e. The molecule has 0 spiro atoms. The van der Waals surface area contributed by atoms with E-state index >= 15 is 0 Å². The van der Waals surface area contributed by atoms with Crippen molar-refractivity contribution in [3.8, 4) is 5.75 Å². The van der Waals surface area contributed by atoms with Crippen LogP contribution in [0.3, 0.4) is 0 Å². The first-order valence-corrected chi connectivity index (χ1v) is 38.0. The number of hydrogen-bond donors (Lipinski definition) is 2. The van der Waals surface area contributed by atoms with Gasteiger partial charge in [0, 0.05) is 18.7 Å². The van der Waals surface area contributed by atoms with Gasteiger partial charge in [-0.1, -0.05) is 406 Å². The zero-order chi connectivity index (χ0) is 58.8. The number of ether oxygens (including phenoxy) is 1. The SMILES string of the molecule is CCCCCCCCCCCCCCCCCCCCCCCCCCCNC(=O)c1ccc(C(=O)NCCCCCCCCCCCCCCCCCCCCCCCCCCC)c(OCCCCCCCCCCCCCCC)c1. The van der Waals surface area contributed by atoms with Crippen LogP contribution < -0.4 is 15.4 Å². The van der Waals surface area contributed by atoms with Gasteiger partial charge in [-0.25, -0.2) is 0 Å². The summed E-state index contributed by atoms with van der Waals surface area (Å²) in [5.74, 6) is 0.383. The number of unbranched alkanes of at least 4 members (excludes halogenated alkanes) is 60. The predicted octanol–water partition coefficient (Wildman–Crippen LogP) is 26.2. The Morgan fingerprint density at radius 2 is 0.476 bits per heavy atom. The van der Waals surface area contributed by atoms with E-state index in [1.54, 1.807) is 0 Å². The highest BCUT2D eigenvalue weighted by Gasteiger charge is 2.16. The van der Waals surface area contributed by atoms with Gasteiger partial charge in [-0.2, -0.15) is 0 Å². The van der Waals surface area contributed by atoms with E-state index in [2.05, 4.69) is 31.4 Å². The summed E-state index contributed by atoms with van der Waals surface area (Å²) in [4.78, 5) is 26.9. The Morgan fingerprint density at radius 3 is 0.720 bits per heavy atom. The van der Waals surface area contributed by atoms with Crippen LogP contribution in [0.5, 0.6) is 5.75 Å². The molecule has 0 bridgehead atoms. The molecule has 0 aliphatic rings. The van der Waals surface area contributed by atoms with E-state index in [1.165, 1.54) is 366 Å². The molecule has 5 nitrogen and oxygen atoms in total. The van der Waals surface area contributed by atoms with Crippen molar-refractivity contribution in [1.82, 2.24) is 10.6 Å². The average Bonchev–Trinajstić information content (AvgIpc) is 3.53. The second-order valence-electron chi connectivity index (χ2n) is 26.3.